The summed E-state index contributed by atoms with van der Waals surface area (Å²) in [6.07, 6.45) is 75.3. The van der Waals surface area contributed by atoms with Gasteiger partial charge in [-0.1, -0.05) is 261 Å². The van der Waals surface area contributed by atoms with Crippen LogP contribution in [-0.2, 0) is 28.6 Å². The molecule has 0 rings (SSSR count). The normalized spacial score (nSPS) is 12.6. The van der Waals surface area contributed by atoms with Crippen LogP contribution in [0.4, 0.5) is 0 Å². The monoisotopic (exact) mass is 977 g/mol. The van der Waals surface area contributed by atoms with E-state index in [9.17, 15) is 14.4 Å². The van der Waals surface area contributed by atoms with Crippen LogP contribution in [0.25, 0.3) is 0 Å². The van der Waals surface area contributed by atoms with Crippen molar-refractivity contribution in [2.75, 3.05) is 13.2 Å². The van der Waals surface area contributed by atoms with Gasteiger partial charge in [0.25, 0.3) is 0 Å². The van der Waals surface area contributed by atoms with Crippen LogP contribution in [0.2, 0.25) is 0 Å². The summed E-state index contributed by atoms with van der Waals surface area (Å²) >= 11 is 0. The standard InChI is InChI=1S/C64H112O6/c1-4-7-10-13-16-18-20-22-23-24-25-26-27-28-29-30-31-32-33-34-35-36-37-38-39-40-41-43-44-46-48-51-54-57-63(66)69-60-61(59-68-62(65)56-53-50-15-12-9-6-3)70-64(67)58-55-52-49-47-45-42-21-19-17-14-11-8-5-2/h8,11,17,19-20,22,24-25,27-28,42,45,61H,4-7,9-10,12-16,18,21,23,26,29-41,43-44,46-60H2,1-3H3/b11-8-,19-17-,22-20-,25-24-,28-27-,45-42-. The van der Waals surface area contributed by atoms with Crippen molar-refractivity contribution in [1.82, 2.24) is 0 Å². The number of hydrogen-bond donors (Lipinski definition) is 0. The lowest BCUT2D eigenvalue weighted by Crippen LogP contribution is -2.30. The SMILES string of the molecule is CC/C=C\C/C=C\C/C=C\CCCCCC(=O)OC(COC(=O)CCCCCCCC)COC(=O)CCCCCCCCCCCCCCCCCCCC/C=C\C/C=C\C/C=C\CCCCCCC. The fourth-order valence-electron chi connectivity index (χ4n) is 8.47. The maximum atomic E-state index is 12.7. The third-order valence-corrected chi connectivity index (χ3v) is 12.9. The molecule has 1 atom stereocenters. The third kappa shape index (κ3) is 55.8. The van der Waals surface area contributed by atoms with Crippen LogP contribution >= 0.6 is 0 Å². The van der Waals surface area contributed by atoms with E-state index in [0.717, 1.165) is 96.3 Å². The molecule has 0 amide bonds. The number of unbranched alkanes of at least 4 members (excludes halogenated alkanes) is 31. The van der Waals surface area contributed by atoms with Crippen molar-refractivity contribution in [3.8, 4) is 0 Å². The fourth-order valence-corrected chi connectivity index (χ4v) is 8.47. The molecule has 0 aromatic heterocycles. The van der Waals surface area contributed by atoms with Gasteiger partial charge in [0, 0.05) is 19.3 Å². The van der Waals surface area contributed by atoms with Gasteiger partial charge >= 0.3 is 17.9 Å². The van der Waals surface area contributed by atoms with Crippen molar-refractivity contribution < 1.29 is 28.6 Å². The van der Waals surface area contributed by atoms with Crippen LogP contribution in [0.15, 0.2) is 72.9 Å². The highest BCUT2D eigenvalue weighted by atomic mass is 16.6. The quantitative estimate of drug-likeness (QED) is 0.0261. The average Bonchev–Trinajstić information content (AvgIpc) is 3.36. The summed E-state index contributed by atoms with van der Waals surface area (Å²) in [7, 11) is 0. The first-order valence-corrected chi connectivity index (χ1v) is 29.9. The summed E-state index contributed by atoms with van der Waals surface area (Å²) in [5, 5.41) is 0. The molecule has 0 saturated carbocycles. The Bertz CT molecular complexity index is 1310. The van der Waals surface area contributed by atoms with Crippen molar-refractivity contribution in [3.05, 3.63) is 72.9 Å². The Balaban J connectivity index is 3.95. The molecule has 0 bridgehead atoms. The molecule has 0 fully saturated rings. The minimum atomic E-state index is -0.785. The highest BCUT2D eigenvalue weighted by Crippen LogP contribution is 2.16. The smallest absolute Gasteiger partial charge is 0.306 e. The Labute approximate surface area is 433 Å². The summed E-state index contributed by atoms with van der Waals surface area (Å²) in [6.45, 7) is 6.44. The van der Waals surface area contributed by atoms with E-state index in [2.05, 4.69) is 93.7 Å². The second kappa shape index (κ2) is 58.4. The predicted molar refractivity (Wildman–Crippen MR) is 302 cm³/mol. The van der Waals surface area contributed by atoms with Crippen LogP contribution in [0.5, 0.6) is 0 Å². The number of hydrogen-bond acceptors (Lipinski definition) is 6. The van der Waals surface area contributed by atoms with Crippen molar-refractivity contribution in [1.29, 1.82) is 0 Å². The molecule has 0 aromatic rings. The fraction of sp³-hybridized carbons (Fsp3) is 0.766. The van der Waals surface area contributed by atoms with Crippen LogP contribution in [-0.4, -0.2) is 37.2 Å². The molecular formula is C64H112O6. The molecule has 0 aromatic carbocycles. The van der Waals surface area contributed by atoms with Gasteiger partial charge in [0.1, 0.15) is 13.2 Å². The minimum Gasteiger partial charge on any atom is -0.462 e. The second-order valence-electron chi connectivity index (χ2n) is 19.9. The largest absolute Gasteiger partial charge is 0.462 e. The van der Waals surface area contributed by atoms with Crippen molar-refractivity contribution >= 4 is 17.9 Å². The van der Waals surface area contributed by atoms with E-state index in [-0.39, 0.29) is 31.1 Å². The topological polar surface area (TPSA) is 78.9 Å². The number of rotatable bonds is 54. The van der Waals surface area contributed by atoms with Crippen molar-refractivity contribution in [2.24, 2.45) is 0 Å². The number of carbonyl (C=O) groups excluding carboxylic acids is 3. The Morgan fingerprint density at radius 3 is 0.886 bits per heavy atom. The van der Waals surface area contributed by atoms with Crippen LogP contribution in [0.3, 0.4) is 0 Å². The van der Waals surface area contributed by atoms with E-state index in [1.54, 1.807) is 0 Å². The van der Waals surface area contributed by atoms with Gasteiger partial charge in [-0.15, -0.1) is 0 Å². The van der Waals surface area contributed by atoms with Crippen LogP contribution in [0.1, 0.15) is 297 Å². The van der Waals surface area contributed by atoms with E-state index < -0.39 is 6.10 Å². The molecule has 0 N–H and O–H groups in total. The highest BCUT2D eigenvalue weighted by molar-refractivity contribution is 5.71. The lowest BCUT2D eigenvalue weighted by molar-refractivity contribution is -0.167. The zero-order chi connectivity index (χ0) is 50.7. The predicted octanol–water partition coefficient (Wildman–Crippen LogP) is 20.2. The lowest BCUT2D eigenvalue weighted by atomic mass is 10.0. The summed E-state index contributed by atoms with van der Waals surface area (Å²) in [5.74, 6) is -0.918. The second-order valence-corrected chi connectivity index (χ2v) is 19.9. The third-order valence-electron chi connectivity index (χ3n) is 12.9. The molecule has 0 aliphatic heterocycles. The van der Waals surface area contributed by atoms with Crippen molar-refractivity contribution in [3.63, 3.8) is 0 Å². The molecule has 0 heterocycles. The first-order chi connectivity index (χ1) is 34.5. The van der Waals surface area contributed by atoms with E-state index in [0.29, 0.717) is 19.3 Å². The first-order valence-electron chi connectivity index (χ1n) is 29.9. The molecule has 6 heteroatoms. The molecule has 404 valence electrons. The van der Waals surface area contributed by atoms with Crippen LogP contribution < -0.4 is 0 Å². The molecule has 0 aliphatic rings. The zero-order valence-corrected chi connectivity index (χ0v) is 46.3. The lowest BCUT2D eigenvalue weighted by Gasteiger charge is -2.18. The van der Waals surface area contributed by atoms with Gasteiger partial charge in [0.2, 0.25) is 0 Å². The van der Waals surface area contributed by atoms with E-state index in [4.69, 9.17) is 14.2 Å². The van der Waals surface area contributed by atoms with Gasteiger partial charge < -0.3 is 14.2 Å². The van der Waals surface area contributed by atoms with Gasteiger partial charge in [-0.25, -0.2) is 0 Å². The summed E-state index contributed by atoms with van der Waals surface area (Å²) in [5.41, 5.74) is 0. The number of carbonyl (C=O) groups is 3. The van der Waals surface area contributed by atoms with E-state index in [1.807, 2.05) is 0 Å². The number of allylic oxidation sites excluding steroid dienone is 12. The Hall–Kier alpha value is -3.15. The first kappa shape index (κ1) is 66.9. The van der Waals surface area contributed by atoms with E-state index >= 15 is 0 Å². The number of esters is 3. The van der Waals surface area contributed by atoms with Crippen LogP contribution in [0, 0.1) is 0 Å². The van der Waals surface area contributed by atoms with Gasteiger partial charge in [0.05, 0.1) is 0 Å². The molecule has 70 heavy (non-hydrogen) atoms. The van der Waals surface area contributed by atoms with Gasteiger partial charge in [-0.2, -0.15) is 0 Å². The van der Waals surface area contributed by atoms with Gasteiger partial charge in [-0.05, 0) is 89.9 Å². The summed E-state index contributed by atoms with van der Waals surface area (Å²) in [6, 6.07) is 0. The summed E-state index contributed by atoms with van der Waals surface area (Å²) in [4.78, 5) is 37.8. The van der Waals surface area contributed by atoms with Crippen molar-refractivity contribution in [2.45, 2.75) is 303 Å². The summed E-state index contributed by atoms with van der Waals surface area (Å²) < 4.78 is 16.7. The van der Waals surface area contributed by atoms with E-state index in [1.165, 1.54) is 161 Å². The Morgan fingerprint density at radius 2 is 0.557 bits per heavy atom. The maximum Gasteiger partial charge on any atom is 0.306 e. The molecule has 0 spiro atoms. The Morgan fingerprint density at radius 1 is 0.300 bits per heavy atom. The molecule has 0 aliphatic carbocycles. The molecule has 0 radical (unpaired) electrons. The zero-order valence-electron chi connectivity index (χ0n) is 46.3. The number of ether oxygens (including phenoxy) is 3. The minimum absolute atomic E-state index is 0.0848. The highest BCUT2D eigenvalue weighted by Gasteiger charge is 2.19. The van der Waals surface area contributed by atoms with Gasteiger partial charge in [-0.3, -0.25) is 14.4 Å². The molecular weight excluding hydrogens is 865 g/mol. The average molecular weight is 978 g/mol. The maximum absolute atomic E-state index is 12.7. The molecule has 0 saturated heterocycles. The molecule has 6 nitrogen and oxygen atoms in total. The van der Waals surface area contributed by atoms with Gasteiger partial charge in [0.15, 0.2) is 6.10 Å². The Kier molecular flexibility index (Phi) is 55.8. The molecule has 1 unspecified atom stereocenters.